The van der Waals surface area contributed by atoms with Gasteiger partial charge in [-0.05, 0) is 49.1 Å². The Balaban J connectivity index is 0.000000260. The topological polar surface area (TPSA) is 59.0 Å². The number of carbonyl (C=O) groups excluding carboxylic acids is 1. The number of ether oxygens (including phenoxy) is 2. The highest BCUT2D eigenvalue weighted by atomic mass is 16.5. The summed E-state index contributed by atoms with van der Waals surface area (Å²) in [4.78, 5) is 12.6. The van der Waals surface area contributed by atoms with Gasteiger partial charge in [0.15, 0.2) is 0 Å². The van der Waals surface area contributed by atoms with Crippen molar-refractivity contribution in [2.24, 2.45) is 0 Å². The van der Waals surface area contributed by atoms with E-state index in [0.717, 1.165) is 70.6 Å². The monoisotopic (exact) mass is 449 g/mol. The number of aliphatic hydroxyl groups excluding tert-OH is 1. The Kier molecular flexibility index (Phi) is 15.9. The Bertz CT molecular complexity index is 826. The van der Waals surface area contributed by atoms with Gasteiger partial charge >= 0.3 is 0 Å². The summed E-state index contributed by atoms with van der Waals surface area (Å²) in [5, 5.41) is 7.00. The van der Waals surface area contributed by atoms with Gasteiger partial charge in [-0.25, -0.2) is 0 Å². The van der Waals surface area contributed by atoms with E-state index >= 15 is 0 Å². The molecule has 0 unspecified atom stereocenters. The fourth-order valence-corrected chi connectivity index (χ4v) is 3.07. The molecular weight excluding hydrogens is 414 g/mol. The van der Waals surface area contributed by atoms with Crippen molar-refractivity contribution >= 4 is 6.29 Å². The molecule has 5 nitrogen and oxygen atoms in total. The summed E-state index contributed by atoms with van der Waals surface area (Å²) >= 11 is 0. The maximum atomic E-state index is 10.2. The van der Waals surface area contributed by atoms with Crippen LogP contribution in [0.15, 0.2) is 48.5 Å². The van der Waals surface area contributed by atoms with Crippen molar-refractivity contribution in [1.29, 1.82) is 0 Å². The summed E-state index contributed by atoms with van der Waals surface area (Å²) in [6.45, 7) is 6.74. The first-order chi connectivity index (χ1) is 16.2. The first-order valence-electron chi connectivity index (χ1n) is 11.1. The van der Waals surface area contributed by atoms with Crippen LogP contribution in [-0.4, -0.2) is 62.9 Å². The second kappa shape index (κ2) is 18.6. The first-order valence-corrected chi connectivity index (χ1v) is 11.1. The van der Waals surface area contributed by atoms with E-state index < -0.39 is 0 Å². The first kappa shape index (κ1) is 28.1. The summed E-state index contributed by atoms with van der Waals surface area (Å²) < 4.78 is 10.4. The van der Waals surface area contributed by atoms with Gasteiger partial charge < -0.3 is 14.6 Å². The number of hydrogen-bond donors (Lipinski definition) is 1. The summed E-state index contributed by atoms with van der Waals surface area (Å²) in [5.74, 6) is 5.09. The second-order valence-corrected chi connectivity index (χ2v) is 7.29. The molecule has 0 saturated carbocycles. The number of aldehydes is 1. The second-order valence-electron chi connectivity index (χ2n) is 7.29. The van der Waals surface area contributed by atoms with Crippen LogP contribution < -0.4 is 0 Å². The van der Waals surface area contributed by atoms with Gasteiger partial charge in [0.1, 0.15) is 6.29 Å². The lowest BCUT2D eigenvalue weighted by Gasteiger charge is -2.26. The number of morpholine rings is 1. The zero-order valence-corrected chi connectivity index (χ0v) is 19.5. The fraction of sp³-hybridized carbons (Fsp3) is 0.393. The van der Waals surface area contributed by atoms with Crippen LogP contribution in [0.2, 0.25) is 0 Å². The van der Waals surface area contributed by atoms with E-state index in [1.54, 1.807) is 24.3 Å². The molecule has 2 saturated heterocycles. The number of rotatable bonds is 3. The highest BCUT2D eigenvalue weighted by molar-refractivity contribution is 5.74. The quantitative estimate of drug-likeness (QED) is 0.571. The van der Waals surface area contributed by atoms with Gasteiger partial charge in [0.25, 0.3) is 0 Å². The summed E-state index contributed by atoms with van der Waals surface area (Å²) in [7, 11) is 1.00. The molecule has 0 radical (unpaired) electrons. The van der Waals surface area contributed by atoms with Crippen LogP contribution in [0.4, 0.5) is 0 Å². The van der Waals surface area contributed by atoms with Gasteiger partial charge in [0.05, 0.1) is 13.2 Å². The maximum absolute atomic E-state index is 10.2. The molecule has 2 aromatic carbocycles. The van der Waals surface area contributed by atoms with Crippen LogP contribution >= 0.6 is 0 Å². The SMILES string of the molecule is C#Cc1ccc(C=O)cc1.C#Cc1ccc(CN2CCOCC2)cc1.C1CCOCC1.CO. The van der Waals surface area contributed by atoms with E-state index in [4.69, 9.17) is 27.4 Å². The van der Waals surface area contributed by atoms with Crippen LogP contribution in [0.25, 0.3) is 0 Å². The zero-order chi connectivity index (χ0) is 24.2. The Labute approximate surface area is 198 Å². The molecule has 33 heavy (non-hydrogen) atoms. The maximum Gasteiger partial charge on any atom is 0.150 e. The Morgan fingerprint density at radius 1 is 0.818 bits per heavy atom. The molecule has 2 fully saturated rings. The number of nitrogens with zero attached hydrogens (tertiary/aromatic N) is 1. The summed E-state index contributed by atoms with van der Waals surface area (Å²) in [6.07, 6.45) is 15.1. The lowest BCUT2D eigenvalue weighted by Crippen LogP contribution is -2.35. The van der Waals surface area contributed by atoms with Crippen molar-refractivity contribution in [2.75, 3.05) is 46.6 Å². The molecule has 2 aliphatic rings. The number of benzene rings is 2. The lowest BCUT2D eigenvalue weighted by molar-refractivity contribution is 0.0342. The molecule has 0 aromatic heterocycles. The molecule has 0 bridgehead atoms. The van der Waals surface area contributed by atoms with Gasteiger partial charge in [0, 0.05) is 56.6 Å². The van der Waals surface area contributed by atoms with Crippen molar-refractivity contribution in [3.63, 3.8) is 0 Å². The van der Waals surface area contributed by atoms with E-state index in [0.29, 0.717) is 5.56 Å². The number of aliphatic hydroxyl groups is 1. The average molecular weight is 450 g/mol. The standard InChI is InChI=1S/C13H15NO.C9H6O.C5H10O.CH4O/c1-2-12-3-5-13(6-4-12)11-14-7-9-15-10-8-14;1-2-8-3-5-9(7-10)6-4-8;1-2-4-6-5-3-1;1-2/h1,3-6H,7-11H2;1,3-7H;1-5H2;2H,1H3. The minimum Gasteiger partial charge on any atom is -0.400 e. The van der Waals surface area contributed by atoms with E-state index in [9.17, 15) is 4.79 Å². The molecule has 0 aliphatic carbocycles. The molecule has 2 aromatic rings. The van der Waals surface area contributed by atoms with Crippen molar-refractivity contribution in [1.82, 2.24) is 4.90 Å². The molecule has 2 aliphatic heterocycles. The van der Waals surface area contributed by atoms with Gasteiger partial charge in [-0.1, -0.05) is 36.1 Å². The Hall–Kier alpha value is -2.93. The predicted molar refractivity (Wildman–Crippen MR) is 133 cm³/mol. The number of hydrogen-bond acceptors (Lipinski definition) is 5. The summed E-state index contributed by atoms with van der Waals surface area (Å²) in [6, 6.07) is 15.1. The van der Waals surface area contributed by atoms with Crippen molar-refractivity contribution in [3.05, 3.63) is 70.8 Å². The van der Waals surface area contributed by atoms with Crippen molar-refractivity contribution in [2.45, 2.75) is 25.8 Å². The van der Waals surface area contributed by atoms with E-state index in [2.05, 4.69) is 28.9 Å². The minimum absolute atomic E-state index is 0.652. The van der Waals surface area contributed by atoms with E-state index in [1.807, 2.05) is 12.1 Å². The normalized spacial score (nSPS) is 14.9. The largest absolute Gasteiger partial charge is 0.400 e. The van der Waals surface area contributed by atoms with Gasteiger partial charge in [-0.3, -0.25) is 9.69 Å². The molecule has 0 spiro atoms. The van der Waals surface area contributed by atoms with Crippen LogP contribution in [0.5, 0.6) is 0 Å². The minimum atomic E-state index is 0.652. The third-order valence-corrected chi connectivity index (χ3v) is 4.92. The number of carbonyl (C=O) groups is 1. The smallest absolute Gasteiger partial charge is 0.150 e. The molecular formula is C28H35NO4. The zero-order valence-electron chi connectivity index (χ0n) is 19.5. The Morgan fingerprint density at radius 2 is 1.30 bits per heavy atom. The molecule has 4 rings (SSSR count). The van der Waals surface area contributed by atoms with Gasteiger partial charge in [-0.2, -0.15) is 0 Å². The van der Waals surface area contributed by atoms with Crippen LogP contribution in [-0.2, 0) is 16.0 Å². The van der Waals surface area contributed by atoms with Crippen LogP contribution in [0, 0.1) is 24.7 Å². The van der Waals surface area contributed by atoms with E-state index in [1.165, 1.54) is 24.8 Å². The van der Waals surface area contributed by atoms with Gasteiger partial charge in [0.2, 0.25) is 0 Å². The van der Waals surface area contributed by atoms with Crippen molar-refractivity contribution < 1.29 is 19.4 Å². The highest BCUT2D eigenvalue weighted by Gasteiger charge is 2.10. The van der Waals surface area contributed by atoms with Crippen LogP contribution in [0.3, 0.4) is 0 Å². The molecule has 1 N–H and O–H groups in total. The fourth-order valence-electron chi connectivity index (χ4n) is 3.07. The third-order valence-electron chi connectivity index (χ3n) is 4.92. The third kappa shape index (κ3) is 12.6. The highest BCUT2D eigenvalue weighted by Crippen LogP contribution is 2.08. The summed E-state index contributed by atoms with van der Waals surface area (Å²) in [5.41, 5.74) is 3.71. The van der Waals surface area contributed by atoms with Crippen LogP contribution in [0.1, 0.15) is 46.3 Å². The molecule has 2 heterocycles. The van der Waals surface area contributed by atoms with E-state index in [-0.39, 0.29) is 0 Å². The average Bonchev–Trinajstić information content (AvgIpc) is 2.92. The molecule has 5 heteroatoms. The molecule has 0 amide bonds. The van der Waals surface area contributed by atoms with Gasteiger partial charge in [-0.15, -0.1) is 12.8 Å². The predicted octanol–water partition coefficient (Wildman–Crippen LogP) is 3.78. The number of terminal acetylenes is 2. The molecule has 0 atom stereocenters. The lowest BCUT2D eigenvalue weighted by atomic mass is 10.1. The molecule has 176 valence electrons. The Morgan fingerprint density at radius 3 is 1.70 bits per heavy atom. The van der Waals surface area contributed by atoms with Crippen molar-refractivity contribution in [3.8, 4) is 24.7 Å².